The van der Waals surface area contributed by atoms with Crippen LogP contribution in [0.15, 0.2) is 0 Å². The topological polar surface area (TPSA) is 71.5 Å². The molecule has 0 aromatic heterocycles. The molecule has 0 saturated carbocycles. The summed E-state index contributed by atoms with van der Waals surface area (Å²) in [4.78, 5) is 9.88. The molecule has 46 valence electrons. The molecule has 0 heterocycles. The molecule has 0 unspecified atom stereocenters. The molecule has 0 amide bonds. The van der Waals surface area contributed by atoms with E-state index in [0.717, 1.165) is 0 Å². The van der Waals surface area contributed by atoms with E-state index in [1.54, 1.807) is 0 Å². The maximum Gasteiger partial charge on any atom is 2.00 e. The van der Waals surface area contributed by atoms with E-state index >= 15 is 0 Å². The van der Waals surface area contributed by atoms with Gasteiger partial charge in [0, 0.05) is 14.2 Å². The van der Waals surface area contributed by atoms with Crippen molar-refractivity contribution in [3.8, 4) is 0 Å². The molecule has 0 aromatic rings. The van der Waals surface area contributed by atoms with Gasteiger partial charge in [0.2, 0.25) is 0 Å². The first-order chi connectivity index (χ1) is 2.81. The van der Waals surface area contributed by atoms with Crippen LogP contribution in [0, 0.1) is 0 Å². The molecular formula is C2H7MgO4P. The summed E-state index contributed by atoms with van der Waals surface area (Å²) in [5.41, 5.74) is 0. The maximum absolute atomic E-state index is 9.88. The zero-order valence-corrected chi connectivity index (χ0v) is 7.13. The second kappa shape index (κ2) is 10.9. The van der Waals surface area contributed by atoms with Crippen LogP contribution in [0.4, 0.5) is 0 Å². The Morgan fingerprint density at radius 1 is 1.25 bits per heavy atom. The second-order valence-electron chi connectivity index (χ2n) is 0.589. The van der Waals surface area contributed by atoms with Gasteiger partial charge in [0.05, 0.1) is 8.60 Å². The summed E-state index contributed by atoms with van der Waals surface area (Å²) in [6.07, 6.45) is 0. The Hall–Kier alpha value is 1.04. The van der Waals surface area contributed by atoms with Crippen molar-refractivity contribution in [1.29, 1.82) is 0 Å². The molecule has 8 heavy (non-hydrogen) atoms. The van der Waals surface area contributed by atoms with Crippen molar-refractivity contribution in [2.45, 2.75) is 0 Å². The van der Waals surface area contributed by atoms with Crippen molar-refractivity contribution in [2.24, 2.45) is 0 Å². The largest absolute Gasteiger partial charge is 2.00 e. The van der Waals surface area contributed by atoms with E-state index in [1.807, 2.05) is 0 Å². The van der Waals surface area contributed by atoms with Crippen molar-refractivity contribution < 1.29 is 19.4 Å². The van der Waals surface area contributed by atoms with E-state index in [9.17, 15) is 4.89 Å². The molecule has 0 aliphatic heterocycles. The van der Waals surface area contributed by atoms with Gasteiger partial charge in [-0.2, -0.15) is 0 Å². The van der Waals surface area contributed by atoms with Crippen LogP contribution in [0.25, 0.3) is 0 Å². The van der Waals surface area contributed by atoms with Gasteiger partial charge < -0.3 is 19.4 Å². The van der Waals surface area contributed by atoms with Crippen LogP contribution in [0.5, 0.6) is 0 Å². The van der Waals surface area contributed by atoms with Crippen LogP contribution in [-0.4, -0.2) is 42.7 Å². The van der Waals surface area contributed by atoms with Crippen LogP contribution in [-0.2, 0) is 9.05 Å². The van der Waals surface area contributed by atoms with Gasteiger partial charge in [-0.3, -0.25) is 0 Å². The van der Waals surface area contributed by atoms with Gasteiger partial charge >= 0.3 is 23.1 Å². The zero-order valence-electron chi connectivity index (χ0n) is 4.83. The maximum atomic E-state index is 9.88. The normalized spacial score (nSPS) is 7.50. The third-order valence-electron chi connectivity index (χ3n) is 0.298. The summed E-state index contributed by atoms with van der Waals surface area (Å²) in [6.45, 7) is 0. The predicted molar refractivity (Wildman–Crippen MR) is 28.6 cm³/mol. The molecule has 0 rings (SSSR count). The number of hydrogen-bond acceptors (Lipinski definition) is 4. The van der Waals surface area contributed by atoms with Crippen molar-refractivity contribution >= 4 is 31.7 Å². The van der Waals surface area contributed by atoms with Crippen molar-refractivity contribution in [3.63, 3.8) is 0 Å². The molecule has 0 spiro atoms. The Balaban J connectivity index is -0.000000125. The fourth-order valence-electron chi connectivity index (χ4n) is 0.0745. The van der Waals surface area contributed by atoms with E-state index in [0.29, 0.717) is 0 Å². The molecule has 0 radical (unpaired) electrons. The molecule has 0 aliphatic carbocycles. The van der Waals surface area contributed by atoms with Crippen LogP contribution in [0.2, 0.25) is 0 Å². The van der Waals surface area contributed by atoms with Gasteiger partial charge in [0.1, 0.15) is 0 Å². The summed E-state index contributed by atoms with van der Waals surface area (Å²) in [5, 5.41) is 0. The molecule has 6 heteroatoms. The van der Waals surface area contributed by atoms with Gasteiger partial charge in [-0.1, -0.05) is 0 Å². The van der Waals surface area contributed by atoms with Gasteiger partial charge in [-0.15, -0.1) is 0 Å². The fraction of sp³-hybridized carbons (Fsp3) is 1.00. The Bertz CT molecular complexity index is 33.2. The summed E-state index contributed by atoms with van der Waals surface area (Å²) in [5.74, 6) is 0. The van der Waals surface area contributed by atoms with Crippen LogP contribution >= 0.6 is 8.60 Å². The Kier molecular flexibility index (Phi) is 21.9. The van der Waals surface area contributed by atoms with E-state index in [4.69, 9.17) is 0 Å². The molecule has 0 fully saturated rings. The summed E-state index contributed by atoms with van der Waals surface area (Å²) >= 11 is 0. The SMILES string of the molecule is COP([O-])OC.[Mg+2].[OH-]. The van der Waals surface area contributed by atoms with Crippen LogP contribution < -0.4 is 4.89 Å². The van der Waals surface area contributed by atoms with Crippen LogP contribution in [0.3, 0.4) is 0 Å². The summed E-state index contributed by atoms with van der Waals surface area (Å²) < 4.78 is 8.37. The average Bonchev–Trinajstić information content (AvgIpc) is 1.65. The van der Waals surface area contributed by atoms with Gasteiger partial charge in [0.25, 0.3) is 0 Å². The van der Waals surface area contributed by atoms with E-state index in [1.165, 1.54) is 14.2 Å². The first kappa shape index (κ1) is 16.0. The minimum absolute atomic E-state index is 0. The van der Waals surface area contributed by atoms with E-state index in [-0.39, 0.29) is 28.5 Å². The third kappa shape index (κ3) is 10.1. The molecule has 4 nitrogen and oxygen atoms in total. The minimum Gasteiger partial charge on any atom is -0.870 e. The van der Waals surface area contributed by atoms with Gasteiger partial charge in [-0.25, -0.2) is 0 Å². The second-order valence-corrected chi connectivity index (χ2v) is 1.77. The summed E-state index contributed by atoms with van der Waals surface area (Å²) in [6, 6.07) is 0. The van der Waals surface area contributed by atoms with Gasteiger partial charge in [0.15, 0.2) is 0 Å². The summed E-state index contributed by atoms with van der Waals surface area (Å²) in [7, 11) is 0.817. The molecule has 1 N–H and O–H groups in total. The van der Waals surface area contributed by atoms with E-state index in [2.05, 4.69) is 9.05 Å². The molecular weight excluding hydrogens is 143 g/mol. The number of hydrogen-bond donors (Lipinski definition) is 0. The van der Waals surface area contributed by atoms with E-state index < -0.39 is 8.60 Å². The standard InChI is InChI=1S/C2H6O3P.Mg.H2O/c1-4-6(3)5-2;;/h1-2H3;;1H2/q-1;+2;/p-1. The fourth-order valence-corrected chi connectivity index (χ4v) is 0.224. The monoisotopic (exact) mass is 150 g/mol. The van der Waals surface area contributed by atoms with Gasteiger partial charge in [-0.05, 0) is 0 Å². The first-order valence-corrected chi connectivity index (χ1v) is 2.46. The Labute approximate surface area is 65.6 Å². The molecule has 0 atom stereocenters. The minimum atomic E-state index is -1.83. The smallest absolute Gasteiger partial charge is 0.870 e. The van der Waals surface area contributed by atoms with Crippen molar-refractivity contribution in [1.82, 2.24) is 0 Å². The van der Waals surface area contributed by atoms with Crippen LogP contribution in [0.1, 0.15) is 0 Å². The van der Waals surface area contributed by atoms with Crippen molar-refractivity contribution in [3.05, 3.63) is 0 Å². The quantitative estimate of drug-likeness (QED) is 0.386. The Morgan fingerprint density at radius 3 is 1.50 bits per heavy atom. The first-order valence-electron chi connectivity index (χ1n) is 1.36. The van der Waals surface area contributed by atoms with Crippen molar-refractivity contribution in [2.75, 3.05) is 14.2 Å². The Morgan fingerprint density at radius 2 is 1.50 bits per heavy atom. The molecule has 0 aliphatic rings. The average molecular weight is 150 g/mol. The third-order valence-corrected chi connectivity index (χ3v) is 0.894. The zero-order chi connectivity index (χ0) is 4.99. The molecule has 0 saturated heterocycles. The number of rotatable bonds is 2. The molecule has 0 bridgehead atoms. The molecule has 0 aromatic carbocycles. The predicted octanol–water partition coefficient (Wildman–Crippen LogP) is -0.691.